The number of hydrogen-bond donors (Lipinski definition) is 1. The molecule has 0 aromatic carbocycles. The highest BCUT2D eigenvalue weighted by molar-refractivity contribution is 7.15. The highest BCUT2D eigenvalue weighted by Crippen LogP contribution is 2.18. The van der Waals surface area contributed by atoms with Crippen LogP contribution in [-0.4, -0.2) is 35.4 Å². The van der Waals surface area contributed by atoms with Crippen LogP contribution in [0.4, 0.5) is 0 Å². The summed E-state index contributed by atoms with van der Waals surface area (Å²) >= 11 is 7.17. The van der Waals surface area contributed by atoms with Crippen molar-refractivity contribution >= 4 is 28.8 Å². The van der Waals surface area contributed by atoms with Gasteiger partial charge >= 0.3 is 0 Å². The summed E-state index contributed by atoms with van der Waals surface area (Å²) in [5.41, 5.74) is 0. The zero-order valence-corrected chi connectivity index (χ0v) is 11.2. The number of carbonyl (C=O) groups excluding carboxylic acids is 1. The summed E-state index contributed by atoms with van der Waals surface area (Å²) in [6, 6.07) is 0.179. The largest absolute Gasteiger partial charge is 0.353 e. The lowest BCUT2D eigenvalue weighted by Crippen LogP contribution is -2.38. The number of thiazole rings is 1. The molecule has 0 fully saturated rings. The predicted octanol–water partition coefficient (Wildman–Crippen LogP) is 1.75. The van der Waals surface area contributed by atoms with Gasteiger partial charge in [0.2, 0.25) is 5.91 Å². The molecule has 1 N–H and O–H groups in total. The van der Waals surface area contributed by atoms with Crippen LogP contribution in [0.2, 0.25) is 4.47 Å². The summed E-state index contributed by atoms with van der Waals surface area (Å²) in [4.78, 5) is 18.4. The zero-order chi connectivity index (χ0) is 12.1. The highest BCUT2D eigenvalue weighted by atomic mass is 35.5. The normalized spacial score (nSPS) is 11.1. The van der Waals surface area contributed by atoms with Gasteiger partial charge in [0.15, 0.2) is 4.47 Å². The van der Waals surface area contributed by atoms with Crippen molar-refractivity contribution < 1.29 is 4.79 Å². The topological polar surface area (TPSA) is 45.2 Å². The first-order valence-electron chi connectivity index (χ1n) is 5.05. The average molecular weight is 262 g/mol. The van der Waals surface area contributed by atoms with Gasteiger partial charge in [0.25, 0.3) is 0 Å². The molecule has 1 rings (SSSR count). The van der Waals surface area contributed by atoms with Crippen LogP contribution in [0.3, 0.4) is 0 Å². The van der Waals surface area contributed by atoms with Crippen LogP contribution in [-0.2, 0) is 11.3 Å². The van der Waals surface area contributed by atoms with E-state index in [0.717, 1.165) is 4.88 Å². The van der Waals surface area contributed by atoms with Gasteiger partial charge < -0.3 is 5.32 Å². The van der Waals surface area contributed by atoms with E-state index >= 15 is 0 Å². The molecule has 0 saturated carbocycles. The molecule has 4 nitrogen and oxygen atoms in total. The van der Waals surface area contributed by atoms with Crippen molar-refractivity contribution in [1.29, 1.82) is 0 Å². The van der Waals surface area contributed by atoms with Gasteiger partial charge in [-0.2, -0.15) is 0 Å². The number of likely N-dealkylation sites (N-methyl/N-ethyl adjacent to an activating group) is 1. The van der Waals surface area contributed by atoms with Crippen molar-refractivity contribution in [2.24, 2.45) is 0 Å². The van der Waals surface area contributed by atoms with Crippen LogP contribution in [0, 0.1) is 0 Å². The average Bonchev–Trinajstić information content (AvgIpc) is 2.48. The first-order chi connectivity index (χ1) is 7.47. The second-order valence-corrected chi connectivity index (χ2v) is 5.67. The molecule has 0 atom stereocenters. The summed E-state index contributed by atoms with van der Waals surface area (Å²) < 4.78 is 0.537. The van der Waals surface area contributed by atoms with Gasteiger partial charge in [-0.05, 0) is 20.9 Å². The first kappa shape index (κ1) is 13.4. The van der Waals surface area contributed by atoms with Gasteiger partial charge in [-0.25, -0.2) is 4.98 Å². The molecule has 0 radical (unpaired) electrons. The fourth-order valence-corrected chi connectivity index (χ4v) is 2.35. The van der Waals surface area contributed by atoms with Crippen molar-refractivity contribution in [3.05, 3.63) is 15.5 Å². The maximum absolute atomic E-state index is 11.5. The maximum atomic E-state index is 11.5. The van der Waals surface area contributed by atoms with E-state index in [0.29, 0.717) is 17.6 Å². The van der Waals surface area contributed by atoms with Gasteiger partial charge in [0.05, 0.1) is 6.54 Å². The minimum Gasteiger partial charge on any atom is -0.353 e. The minimum atomic E-state index is 0.0353. The standard InChI is InChI=1S/C10H16ClN3OS/c1-7(2)13-9(15)6-14(3)5-8-4-12-10(11)16-8/h4,7H,5-6H2,1-3H3,(H,13,15). The molecule has 0 aliphatic heterocycles. The van der Waals surface area contributed by atoms with Crippen LogP contribution >= 0.6 is 22.9 Å². The lowest BCUT2D eigenvalue weighted by Gasteiger charge is -2.16. The molecule has 1 heterocycles. The maximum Gasteiger partial charge on any atom is 0.234 e. The van der Waals surface area contributed by atoms with Gasteiger partial charge in [0, 0.05) is 23.7 Å². The molecule has 0 bridgehead atoms. The lowest BCUT2D eigenvalue weighted by atomic mass is 10.3. The molecule has 1 aromatic rings. The fourth-order valence-electron chi connectivity index (χ4n) is 1.29. The Balaban J connectivity index is 2.35. The number of aromatic nitrogens is 1. The number of amides is 1. The Morgan fingerprint density at radius 1 is 1.69 bits per heavy atom. The molecule has 0 unspecified atom stereocenters. The van der Waals surface area contributed by atoms with E-state index in [4.69, 9.17) is 11.6 Å². The number of nitrogens with zero attached hydrogens (tertiary/aromatic N) is 2. The predicted molar refractivity (Wildman–Crippen MR) is 66.7 cm³/mol. The Morgan fingerprint density at radius 2 is 2.38 bits per heavy atom. The van der Waals surface area contributed by atoms with E-state index in [1.165, 1.54) is 11.3 Å². The third-order valence-corrected chi connectivity index (χ3v) is 2.91. The second kappa shape index (κ2) is 6.18. The smallest absolute Gasteiger partial charge is 0.234 e. The van der Waals surface area contributed by atoms with E-state index in [1.807, 2.05) is 25.8 Å². The van der Waals surface area contributed by atoms with E-state index in [-0.39, 0.29) is 11.9 Å². The number of rotatable bonds is 5. The SMILES string of the molecule is CC(C)NC(=O)CN(C)Cc1cnc(Cl)s1. The Morgan fingerprint density at radius 3 is 2.88 bits per heavy atom. The fraction of sp³-hybridized carbons (Fsp3) is 0.600. The lowest BCUT2D eigenvalue weighted by molar-refractivity contribution is -0.122. The summed E-state index contributed by atoms with van der Waals surface area (Å²) in [5, 5.41) is 2.85. The summed E-state index contributed by atoms with van der Waals surface area (Å²) in [6.07, 6.45) is 1.74. The summed E-state index contributed by atoms with van der Waals surface area (Å²) in [6.45, 7) is 4.96. The Hall–Kier alpha value is -0.650. The molecular formula is C10H16ClN3OS. The third kappa shape index (κ3) is 4.92. The van der Waals surface area contributed by atoms with Gasteiger partial charge in [-0.3, -0.25) is 9.69 Å². The minimum absolute atomic E-state index is 0.0353. The molecular weight excluding hydrogens is 246 g/mol. The number of halogens is 1. The van der Waals surface area contributed by atoms with Gasteiger partial charge in [-0.15, -0.1) is 11.3 Å². The number of carbonyl (C=O) groups is 1. The summed E-state index contributed by atoms with van der Waals surface area (Å²) in [5.74, 6) is 0.0353. The molecule has 0 aliphatic rings. The van der Waals surface area contributed by atoms with Crippen molar-refractivity contribution in [3.63, 3.8) is 0 Å². The van der Waals surface area contributed by atoms with Crippen LogP contribution in [0.5, 0.6) is 0 Å². The van der Waals surface area contributed by atoms with E-state index in [2.05, 4.69) is 10.3 Å². The van der Waals surface area contributed by atoms with Crippen molar-refractivity contribution in [2.45, 2.75) is 26.4 Å². The van der Waals surface area contributed by atoms with Crippen LogP contribution in [0.25, 0.3) is 0 Å². The summed E-state index contributed by atoms with van der Waals surface area (Å²) in [7, 11) is 1.90. The van der Waals surface area contributed by atoms with Crippen LogP contribution in [0.15, 0.2) is 6.20 Å². The monoisotopic (exact) mass is 261 g/mol. The van der Waals surface area contributed by atoms with E-state index < -0.39 is 0 Å². The molecule has 0 spiro atoms. The van der Waals surface area contributed by atoms with Crippen molar-refractivity contribution in [2.75, 3.05) is 13.6 Å². The third-order valence-electron chi connectivity index (χ3n) is 1.81. The Kier molecular flexibility index (Phi) is 5.18. The zero-order valence-electron chi connectivity index (χ0n) is 9.66. The Labute approximate surface area is 105 Å². The second-order valence-electron chi connectivity index (χ2n) is 3.97. The van der Waals surface area contributed by atoms with Crippen LogP contribution in [0.1, 0.15) is 18.7 Å². The van der Waals surface area contributed by atoms with Gasteiger partial charge in [-0.1, -0.05) is 11.6 Å². The molecule has 90 valence electrons. The van der Waals surface area contributed by atoms with E-state index in [9.17, 15) is 4.79 Å². The molecule has 1 amide bonds. The van der Waals surface area contributed by atoms with Crippen LogP contribution < -0.4 is 5.32 Å². The molecule has 6 heteroatoms. The van der Waals surface area contributed by atoms with Crippen molar-refractivity contribution in [1.82, 2.24) is 15.2 Å². The number of hydrogen-bond acceptors (Lipinski definition) is 4. The van der Waals surface area contributed by atoms with Gasteiger partial charge in [0.1, 0.15) is 0 Å². The number of nitrogens with one attached hydrogen (secondary N) is 1. The molecule has 0 saturated heterocycles. The molecule has 1 aromatic heterocycles. The first-order valence-corrected chi connectivity index (χ1v) is 6.25. The molecule has 16 heavy (non-hydrogen) atoms. The quantitative estimate of drug-likeness (QED) is 0.878. The van der Waals surface area contributed by atoms with E-state index in [1.54, 1.807) is 6.20 Å². The Bertz CT molecular complexity index is 354. The van der Waals surface area contributed by atoms with Crippen molar-refractivity contribution in [3.8, 4) is 0 Å². The molecule has 0 aliphatic carbocycles. The highest BCUT2D eigenvalue weighted by Gasteiger charge is 2.09.